The Hall–Kier alpha value is -0.220. The third-order valence-electron chi connectivity index (χ3n) is 2.05. The van der Waals surface area contributed by atoms with Crippen LogP contribution >= 0.6 is 0 Å². The van der Waals surface area contributed by atoms with Gasteiger partial charge in [0, 0.05) is 32.4 Å². The monoisotopic (exact) mass is 242 g/mol. The SMILES string of the molecule is CS(=N)(=O)N1CCN(S(N)(=O)=O)CC1. The van der Waals surface area contributed by atoms with Gasteiger partial charge in [-0.2, -0.15) is 12.7 Å². The molecule has 1 unspecified atom stereocenters. The number of nitrogens with one attached hydrogen (secondary N) is 1. The zero-order valence-electron chi connectivity index (χ0n) is 7.84. The zero-order valence-corrected chi connectivity index (χ0v) is 9.47. The van der Waals surface area contributed by atoms with Crippen molar-refractivity contribution in [3.63, 3.8) is 0 Å². The van der Waals surface area contributed by atoms with Crippen molar-refractivity contribution in [3.8, 4) is 0 Å². The Morgan fingerprint density at radius 3 is 1.71 bits per heavy atom. The summed E-state index contributed by atoms with van der Waals surface area (Å²) in [6.45, 7) is 0.968. The van der Waals surface area contributed by atoms with Gasteiger partial charge in [0.25, 0.3) is 10.2 Å². The summed E-state index contributed by atoms with van der Waals surface area (Å²) in [5.74, 6) is 0. The Morgan fingerprint density at radius 1 is 1.07 bits per heavy atom. The topological polar surface area (TPSA) is 108 Å². The van der Waals surface area contributed by atoms with E-state index in [1.807, 2.05) is 0 Å². The fourth-order valence-electron chi connectivity index (χ4n) is 1.27. The molecule has 7 nitrogen and oxygen atoms in total. The molecule has 0 bridgehead atoms. The first kappa shape index (κ1) is 11.9. The van der Waals surface area contributed by atoms with Crippen molar-refractivity contribution in [2.45, 2.75) is 0 Å². The first-order valence-corrected chi connectivity index (χ1v) is 7.40. The summed E-state index contributed by atoms with van der Waals surface area (Å²) in [5, 5.41) is 4.93. The van der Waals surface area contributed by atoms with Crippen LogP contribution in [-0.4, -0.2) is 53.7 Å². The van der Waals surface area contributed by atoms with Gasteiger partial charge in [-0.1, -0.05) is 0 Å². The number of nitrogens with zero attached hydrogens (tertiary/aromatic N) is 2. The van der Waals surface area contributed by atoms with Gasteiger partial charge in [-0.05, 0) is 0 Å². The van der Waals surface area contributed by atoms with Gasteiger partial charge >= 0.3 is 0 Å². The predicted octanol–water partition coefficient (Wildman–Crippen LogP) is -1.60. The lowest BCUT2D eigenvalue weighted by Crippen LogP contribution is -2.51. The fraction of sp³-hybridized carbons (Fsp3) is 1.00. The molecule has 0 spiro atoms. The molecule has 0 aromatic rings. The summed E-state index contributed by atoms with van der Waals surface area (Å²) in [5.41, 5.74) is 0. The first-order chi connectivity index (χ1) is 6.21. The molecule has 1 atom stereocenters. The Morgan fingerprint density at radius 2 is 1.43 bits per heavy atom. The second-order valence-corrected chi connectivity index (χ2v) is 6.84. The standard InChI is InChI=1S/C5H14N4O3S2/c1-13(6,10)8-2-4-9(5-3-8)14(7,11)12/h6H,2-5H2,1H3,(H2,7,11,12). The minimum atomic E-state index is -3.64. The molecular weight excluding hydrogens is 228 g/mol. The van der Waals surface area contributed by atoms with Crippen molar-refractivity contribution in [3.05, 3.63) is 0 Å². The second-order valence-electron chi connectivity index (χ2n) is 3.18. The summed E-state index contributed by atoms with van der Waals surface area (Å²) in [7, 11) is -6.37. The molecule has 1 saturated heterocycles. The molecule has 84 valence electrons. The van der Waals surface area contributed by atoms with E-state index in [-0.39, 0.29) is 26.2 Å². The van der Waals surface area contributed by atoms with Gasteiger partial charge in [0.2, 0.25) is 0 Å². The van der Waals surface area contributed by atoms with Crippen molar-refractivity contribution >= 4 is 20.1 Å². The maximum atomic E-state index is 11.3. The Bertz CT molecular complexity index is 353. The van der Waals surface area contributed by atoms with Gasteiger partial charge in [-0.15, -0.1) is 0 Å². The molecule has 1 fully saturated rings. The van der Waals surface area contributed by atoms with Crippen LogP contribution in [0.3, 0.4) is 0 Å². The number of hydrogen-bond acceptors (Lipinski definition) is 4. The van der Waals surface area contributed by atoms with Crippen molar-refractivity contribution in [2.75, 3.05) is 32.4 Å². The molecule has 1 aliphatic rings. The molecule has 0 aliphatic carbocycles. The number of piperazine rings is 1. The second kappa shape index (κ2) is 3.74. The highest BCUT2D eigenvalue weighted by Crippen LogP contribution is 2.07. The van der Waals surface area contributed by atoms with E-state index < -0.39 is 20.1 Å². The minimum Gasteiger partial charge on any atom is -0.240 e. The molecule has 0 aromatic carbocycles. The van der Waals surface area contributed by atoms with E-state index in [0.717, 1.165) is 4.31 Å². The lowest BCUT2D eigenvalue weighted by Gasteiger charge is -2.32. The van der Waals surface area contributed by atoms with Crippen LogP contribution in [-0.2, 0) is 20.1 Å². The van der Waals surface area contributed by atoms with E-state index in [1.165, 1.54) is 10.6 Å². The molecule has 9 heteroatoms. The quantitative estimate of drug-likeness (QED) is 0.608. The van der Waals surface area contributed by atoms with Crippen LogP contribution in [0.1, 0.15) is 0 Å². The van der Waals surface area contributed by atoms with Crippen molar-refractivity contribution in [1.82, 2.24) is 8.61 Å². The van der Waals surface area contributed by atoms with Crippen molar-refractivity contribution in [2.24, 2.45) is 5.14 Å². The van der Waals surface area contributed by atoms with Gasteiger partial charge in [0.05, 0.1) is 0 Å². The molecule has 1 aliphatic heterocycles. The van der Waals surface area contributed by atoms with E-state index in [4.69, 9.17) is 9.92 Å². The minimum absolute atomic E-state index is 0.197. The summed E-state index contributed by atoms with van der Waals surface area (Å²) in [6.07, 6.45) is 1.32. The van der Waals surface area contributed by atoms with Crippen LogP contribution in [0.5, 0.6) is 0 Å². The average Bonchev–Trinajstić information content (AvgIpc) is 2.01. The highest BCUT2D eigenvalue weighted by atomic mass is 32.2. The molecule has 0 aromatic heterocycles. The van der Waals surface area contributed by atoms with Gasteiger partial charge in [-0.3, -0.25) is 0 Å². The molecular formula is C5H14N4O3S2. The Labute approximate surface area is 84.2 Å². The van der Waals surface area contributed by atoms with Crippen LogP contribution < -0.4 is 5.14 Å². The van der Waals surface area contributed by atoms with Crippen LogP contribution in [0.2, 0.25) is 0 Å². The Balaban J connectivity index is 2.65. The number of nitrogens with two attached hydrogens (primary N) is 1. The molecule has 3 N–H and O–H groups in total. The van der Waals surface area contributed by atoms with Gasteiger partial charge in [0.1, 0.15) is 9.92 Å². The number of rotatable bonds is 2. The summed E-state index contributed by atoms with van der Waals surface area (Å²) >= 11 is 0. The fourth-order valence-corrected chi connectivity index (χ4v) is 2.80. The number of hydrogen-bond donors (Lipinski definition) is 2. The van der Waals surface area contributed by atoms with Crippen LogP contribution in [0.25, 0.3) is 0 Å². The third kappa shape index (κ3) is 2.89. The Kier molecular flexibility index (Phi) is 3.17. The maximum absolute atomic E-state index is 11.3. The van der Waals surface area contributed by atoms with Crippen LogP contribution in [0.15, 0.2) is 0 Å². The largest absolute Gasteiger partial charge is 0.276 e. The summed E-state index contributed by atoms with van der Waals surface area (Å²) < 4.78 is 43.0. The predicted molar refractivity (Wildman–Crippen MR) is 53.0 cm³/mol. The van der Waals surface area contributed by atoms with Crippen molar-refractivity contribution in [1.29, 1.82) is 4.78 Å². The van der Waals surface area contributed by atoms with E-state index in [9.17, 15) is 12.6 Å². The van der Waals surface area contributed by atoms with Crippen LogP contribution in [0, 0.1) is 4.78 Å². The molecule has 14 heavy (non-hydrogen) atoms. The van der Waals surface area contributed by atoms with E-state index in [2.05, 4.69) is 0 Å². The van der Waals surface area contributed by atoms with Crippen molar-refractivity contribution < 1.29 is 12.6 Å². The molecule has 1 heterocycles. The highest BCUT2D eigenvalue weighted by molar-refractivity contribution is 7.89. The summed E-state index contributed by atoms with van der Waals surface area (Å²) in [4.78, 5) is 0. The first-order valence-electron chi connectivity index (χ1n) is 3.98. The normalized spacial score (nSPS) is 25.9. The molecule has 0 amide bonds. The van der Waals surface area contributed by atoms with E-state index in [1.54, 1.807) is 0 Å². The molecule has 0 saturated carbocycles. The van der Waals surface area contributed by atoms with Crippen LogP contribution in [0.4, 0.5) is 0 Å². The highest BCUT2D eigenvalue weighted by Gasteiger charge is 2.26. The molecule has 1 rings (SSSR count). The maximum Gasteiger partial charge on any atom is 0.276 e. The van der Waals surface area contributed by atoms with Gasteiger partial charge in [-0.25, -0.2) is 18.4 Å². The third-order valence-corrected chi connectivity index (χ3v) is 4.49. The smallest absolute Gasteiger partial charge is 0.240 e. The zero-order chi connectivity index (χ0) is 11.0. The lowest BCUT2D eigenvalue weighted by atomic mass is 10.4. The van der Waals surface area contributed by atoms with Gasteiger partial charge in [0.15, 0.2) is 0 Å². The van der Waals surface area contributed by atoms with Gasteiger partial charge < -0.3 is 0 Å². The summed E-state index contributed by atoms with van der Waals surface area (Å²) in [6, 6.07) is 0. The lowest BCUT2D eigenvalue weighted by molar-refractivity contribution is 0.280. The van der Waals surface area contributed by atoms with E-state index in [0.29, 0.717) is 0 Å². The molecule has 0 radical (unpaired) electrons. The van der Waals surface area contributed by atoms with E-state index >= 15 is 0 Å². The average molecular weight is 242 g/mol.